The Kier molecular flexibility index (Phi) is 3.43. The molecule has 0 spiro atoms. The van der Waals surface area contributed by atoms with Crippen molar-refractivity contribution in [3.05, 3.63) is 12.2 Å². The van der Waals surface area contributed by atoms with Gasteiger partial charge in [0.2, 0.25) is 5.91 Å². The Morgan fingerprint density at radius 1 is 1.25 bits per heavy atom. The van der Waals surface area contributed by atoms with Gasteiger partial charge < -0.3 is 10.4 Å². The van der Waals surface area contributed by atoms with Crippen molar-refractivity contribution in [2.75, 3.05) is 0 Å². The van der Waals surface area contributed by atoms with Gasteiger partial charge in [0, 0.05) is 11.5 Å². The number of aliphatic carboxylic acids is 1. The minimum absolute atomic E-state index is 0.0216. The lowest BCUT2D eigenvalue weighted by atomic mass is 9.45. The average molecular weight is 331 g/mol. The van der Waals surface area contributed by atoms with Crippen LogP contribution in [-0.2, 0) is 9.59 Å². The lowest BCUT2D eigenvalue weighted by molar-refractivity contribution is -0.151. The lowest BCUT2D eigenvalue weighted by Gasteiger charge is -2.60. The zero-order valence-electron chi connectivity index (χ0n) is 14.9. The molecule has 2 N–H and O–H groups in total. The van der Waals surface area contributed by atoms with Gasteiger partial charge in [0.25, 0.3) is 0 Å². The van der Waals surface area contributed by atoms with Crippen LogP contribution in [0.5, 0.6) is 0 Å². The molecule has 132 valence electrons. The molecule has 0 saturated heterocycles. The molecule has 3 fully saturated rings. The molecule has 1 aliphatic heterocycles. The highest BCUT2D eigenvalue weighted by Gasteiger charge is 2.62. The topological polar surface area (TPSA) is 66.4 Å². The van der Waals surface area contributed by atoms with Gasteiger partial charge in [-0.25, -0.2) is 0 Å². The van der Waals surface area contributed by atoms with Crippen LogP contribution in [-0.4, -0.2) is 23.0 Å². The minimum Gasteiger partial charge on any atom is -0.481 e. The van der Waals surface area contributed by atoms with E-state index in [4.69, 9.17) is 0 Å². The first-order valence-corrected chi connectivity index (χ1v) is 9.50. The number of carboxylic acids is 1. The maximum absolute atomic E-state index is 11.8. The second-order valence-corrected chi connectivity index (χ2v) is 9.28. The van der Waals surface area contributed by atoms with Crippen LogP contribution in [0.1, 0.15) is 52.9 Å². The maximum Gasteiger partial charge on any atom is 0.307 e. The summed E-state index contributed by atoms with van der Waals surface area (Å²) in [5, 5.41) is 12.9. The van der Waals surface area contributed by atoms with Crippen LogP contribution >= 0.6 is 0 Å². The van der Waals surface area contributed by atoms with Gasteiger partial charge in [0.15, 0.2) is 0 Å². The normalized spacial score (nSPS) is 52.9. The van der Waals surface area contributed by atoms with E-state index in [9.17, 15) is 14.7 Å². The molecule has 8 atom stereocenters. The van der Waals surface area contributed by atoms with E-state index in [1.807, 2.05) is 0 Å². The fraction of sp³-hybridized carbons (Fsp3) is 0.800. The molecule has 1 heterocycles. The van der Waals surface area contributed by atoms with E-state index in [0.29, 0.717) is 23.7 Å². The number of carbonyl (C=O) groups excluding carboxylic acids is 1. The highest BCUT2D eigenvalue weighted by molar-refractivity contribution is 5.89. The molecular formula is C20H29NO3. The summed E-state index contributed by atoms with van der Waals surface area (Å²) in [5.41, 5.74) is -0.0280. The maximum atomic E-state index is 11.8. The van der Waals surface area contributed by atoms with Gasteiger partial charge in [-0.1, -0.05) is 26.8 Å². The van der Waals surface area contributed by atoms with Crippen LogP contribution in [0.15, 0.2) is 12.2 Å². The Bertz CT molecular complexity index is 614. The molecule has 0 aromatic rings. The van der Waals surface area contributed by atoms with Gasteiger partial charge in [0.1, 0.15) is 0 Å². The van der Waals surface area contributed by atoms with Crippen LogP contribution < -0.4 is 5.32 Å². The number of hydrogen-bond donors (Lipinski definition) is 2. The predicted octanol–water partition coefficient (Wildman–Crippen LogP) is 3.23. The molecule has 0 bridgehead atoms. The van der Waals surface area contributed by atoms with Crippen molar-refractivity contribution < 1.29 is 14.7 Å². The summed E-state index contributed by atoms with van der Waals surface area (Å²) in [7, 11) is 0. The number of rotatable bonds is 1. The quantitative estimate of drug-likeness (QED) is 0.775. The second-order valence-electron chi connectivity index (χ2n) is 9.28. The van der Waals surface area contributed by atoms with Crippen LogP contribution in [0.25, 0.3) is 0 Å². The Morgan fingerprint density at radius 3 is 2.71 bits per heavy atom. The molecule has 24 heavy (non-hydrogen) atoms. The first kappa shape index (κ1) is 16.2. The minimum atomic E-state index is -0.601. The molecule has 0 aromatic heterocycles. The van der Waals surface area contributed by atoms with Gasteiger partial charge in [-0.05, 0) is 67.3 Å². The molecule has 4 heteroatoms. The summed E-state index contributed by atoms with van der Waals surface area (Å²) in [6.07, 6.45) is 8.86. The number of nitrogens with one attached hydrogen (secondary N) is 1. The molecule has 1 amide bonds. The summed E-state index contributed by atoms with van der Waals surface area (Å²) < 4.78 is 0. The van der Waals surface area contributed by atoms with E-state index >= 15 is 0 Å². The van der Waals surface area contributed by atoms with Gasteiger partial charge in [0.05, 0.1) is 5.92 Å². The van der Waals surface area contributed by atoms with Crippen molar-refractivity contribution in [2.45, 2.75) is 58.9 Å². The van der Waals surface area contributed by atoms with E-state index in [-0.39, 0.29) is 28.7 Å². The van der Waals surface area contributed by atoms with Gasteiger partial charge in [-0.3, -0.25) is 9.59 Å². The zero-order valence-corrected chi connectivity index (χ0v) is 14.9. The van der Waals surface area contributed by atoms with Crippen molar-refractivity contribution in [1.82, 2.24) is 5.32 Å². The second kappa shape index (κ2) is 5.09. The molecule has 4 nitrogen and oxygen atoms in total. The van der Waals surface area contributed by atoms with E-state index in [1.165, 1.54) is 0 Å². The first-order chi connectivity index (χ1) is 11.3. The highest BCUT2D eigenvalue weighted by Crippen LogP contribution is 2.66. The third-order valence-electron chi connectivity index (χ3n) is 8.36. The third-order valence-corrected chi connectivity index (χ3v) is 8.36. The van der Waals surface area contributed by atoms with E-state index < -0.39 is 5.97 Å². The van der Waals surface area contributed by atoms with Crippen molar-refractivity contribution >= 4 is 11.9 Å². The van der Waals surface area contributed by atoms with Crippen LogP contribution in [0.3, 0.4) is 0 Å². The zero-order chi connectivity index (χ0) is 17.3. The number of carboxylic acid groups (broad SMARTS) is 1. The summed E-state index contributed by atoms with van der Waals surface area (Å²) >= 11 is 0. The first-order valence-electron chi connectivity index (χ1n) is 9.50. The molecule has 0 radical (unpaired) electrons. The SMILES string of the molecule is C[C@H]1C[C@H]2NC(=O)C=C[C@]2(C)[C@H]2CC[C@]3(C)[C@@H](C(=O)O)CC[C@H]3[C@H]12. The van der Waals surface area contributed by atoms with Crippen molar-refractivity contribution in [1.29, 1.82) is 0 Å². The number of fused-ring (bicyclic) bond motifs is 5. The van der Waals surface area contributed by atoms with Crippen molar-refractivity contribution in [2.24, 2.45) is 40.4 Å². The number of hydrogen-bond acceptors (Lipinski definition) is 2. The summed E-state index contributed by atoms with van der Waals surface area (Å²) in [6, 6.07) is 0.229. The molecular weight excluding hydrogens is 302 g/mol. The molecule has 0 aromatic carbocycles. The number of carbonyl (C=O) groups is 2. The van der Waals surface area contributed by atoms with Crippen LogP contribution in [0, 0.1) is 40.4 Å². The van der Waals surface area contributed by atoms with Crippen LogP contribution in [0.4, 0.5) is 0 Å². The Morgan fingerprint density at radius 2 is 2.00 bits per heavy atom. The molecule has 0 unspecified atom stereocenters. The molecule has 4 aliphatic rings. The van der Waals surface area contributed by atoms with Crippen LogP contribution in [0.2, 0.25) is 0 Å². The third kappa shape index (κ3) is 1.98. The number of amides is 1. The van der Waals surface area contributed by atoms with Gasteiger partial charge >= 0.3 is 5.97 Å². The Hall–Kier alpha value is -1.32. The van der Waals surface area contributed by atoms with E-state index in [1.54, 1.807) is 6.08 Å². The standard InChI is InChI=1S/C20H29NO3/c1-11-10-15-20(3,9-7-16(22)21-15)13-6-8-19(2)12(17(11)13)4-5-14(19)18(23)24/h7,9,11-15,17H,4-6,8,10H2,1-3H3,(H,21,22)(H,23,24)/t11-,12-,13-,14+,15+,17-,19-,20+/m0/s1. The fourth-order valence-electron chi connectivity index (χ4n) is 7.09. The summed E-state index contributed by atoms with van der Waals surface area (Å²) in [4.78, 5) is 23.6. The smallest absolute Gasteiger partial charge is 0.307 e. The van der Waals surface area contributed by atoms with E-state index in [0.717, 1.165) is 32.1 Å². The van der Waals surface area contributed by atoms with Crippen molar-refractivity contribution in [3.63, 3.8) is 0 Å². The molecule has 4 rings (SSSR count). The van der Waals surface area contributed by atoms with Gasteiger partial charge in [-0.15, -0.1) is 0 Å². The average Bonchev–Trinajstić information content (AvgIpc) is 2.86. The molecule has 3 saturated carbocycles. The van der Waals surface area contributed by atoms with Crippen molar-refractivity contribution in [3.8, 4) is 0 Å². The largest absolute Gasteiger partial charge is 0.481 e. The highest BCUT2D eigenvalue weighted by atomic mass is 16.4. The predicted molar refractivity (Wildman–Crippen MR) is 91.1 cm³/mol. The fourth-order valence-corrected chi connectivity index (χ4v) is 7.09. The monoisotopic (exact) mass is 331 g/mol. The molecule has 3 aliphatic carbocycles. The lowest BCUT2D eigenvalue weighted by Crippen LogP contribution is -2.61. The Balaban J connectivity index is 1.71. The summed E-state index contributed by atoms with van der Waals surface area (Å²) in [6.45, 7) is 6.87. The summed E-state index contributed by atoms with van der Waals surface area (Å²) in [5.74, 6) is 1.44. The van der Waals surface area contributed by atoms with E-state index in [2.05, 4.69) is 32.2 Å². The van der Waals surface area contributed by atoms with Gasteiger partial charge in [-0.2, -0.15) is 0 Å². The Labute approximate surface area is 144 Å².